The van der Waals surface area contributed by atoms with Gasteiger partial charge in [-0.25, -0.2) is 0 Å². The quantitative estimate of drug-likeness (QED) is 0.352. The summed E-state index contributed by atoms with van der Waals surface area (Å²) in [6.45, 7) is 1.25. The fourth-order valence-corrected chi connectivity index (χ4v) is 2.47. The van der Waals surface area contributed by atoms with Crippen LogP contribution >= 0.6 is 0 Å². The molecule has 1 aliphatic heterocycles. The number of ether oxygens (including phenoxy) is 1. The van der Waals surface area contributed by atoms with Crippen LogP contribution < -0.4 is 5.73 Å². The molecule has 1 saturated heterocycles. The molecule has 0 saturated carbocycles. The first-order valence-electron chi connectivity index (χ1n) is 7.47. The molecule has 0 aromatic rings. The lowest BCUT2D eigenvalue weighted by Crippen LogP contribution is -2.58. The van der Waals surface area contributed by atoms with Gasteiger partial charge in [-0.3, -0.25) is 4.79 Å². The summed E-state index contributed by atoms with van der Waals surface area (Å²) in [7, 11) is 0. The highest BCUT2D eigenvalue weighted by atomic mass is 16.5. The van der Waals surface area contributed by atoms with Gasteiger partial charge in [0.1, 0.15) is 30.2 Å². The van der Waals surface area contributed by atoms with Gasteiger partial charge in [0.15, 0.2) is 0 Å². The Bertz CT molecular complexity index is 323. The summed E-state index contributed by atoms with van der Waals surface area (Å²) in [6, 6.07) is -0.435. The molecule has 0 bridgehead atoms. The standard InChI is InChI=1S/C14H27NO6/c1-8(15)9(17)5-3-2-4-6-10-12(18)14(20)13(19)11(7-16)21-10/h8,10-14,16,18-20H,2-7,15H2,1H3/t8-,10?,11?,12?,13?,14?/m1/s1. The van der Waals surface area contributed by atoms with Gasteiger partial charge in [-0.1, -0.05) is 12.8 Å². The Morgan fingerprint density at radius 1 is 1.10 bits per heavy atom. The van der Waals surface area contributed by atoms with Crippen LogP contribution in [-0.4, -0.2) is 69.4 Å². The van der Waals surface area contributed by atoms with E-state index >= 15 is 0 Å². The van der Waals surface area contributed by atoms with E-state index in [1.54, 1.807) is 6.92 Å². The summed E-state index contributed by atoms with van der Waals surface area (Å²) in [4.78, 5) is 11.3. The lowest BCUT2D eigenvalue weighted by atomic mass is 9.92. The lowest BCUT2D eigenvalue weighted by Gasteiger charge is -2.40. The van der Waals surface area contributed by atoms with Crippen molar-refractivity contribution in [2.45, 2.75) is 75.6 Å². The van der Waals surface area contributed by atoms with Gasteiger partial charge in [-0.2, -0.15) is 0 Å². The third-order valence-electron chi connectivity index (χ3n) is 3.91. The summed E-state index contributed by atoms with van der Waals surface area (Å²) in [5, 5.41) is 38.2. The van der Waals surface area contributed by atoms with Crippen molar-refractivity contribution in [1.29, 1.82) is 0 Å². The molecule has 0 spiro atoms. The summed E-state index contributed by atoms with van der Waals surface area (Å²) >= 11 is 0. The second-order valence-electron chi connectivity index (χ2n) is 5.72. The van der Waals surface area contributed by atoms with Gasteiger partial charge in [0, 0.05) is 6.42 Å². The predicted octanol–water partition coefficient (Wildman–Crippen LogP) is -1.30. The van der Waals surface area contributed by atoms with E-state index in [0.29, 0.717) is 12.8 Å². The van der Waals surface area contributed by atoms with Gasteiger partial charge in [0.25, 0.3) is 0 Å². The van der Waals surface area contributed by atoms with Crippen LogP contribution in [0.1, 0.15) is 39.0 Å². The van der Waals surface area contributed by atoms with Crippen LogP contribution in [0.4, 0.5) is 0 Å². The van der Waals surface area contributed by atoms with E-state index in [9.17, 15) is 20.1 Å². The molecule has 6 atom stereocenters. The number of hydrogen-bond donors (Lipinski definition) is 5. The molecule has 1 fully saturated rings. The maximum atomic E-state index is 11.3. The highest BCUT2D eigenvalue weighted by molar-refractivity contribution is 5.83. The second kappa shape index (κ2) is 8.77. The van der Waals surface area contributed by atoms with Crippen molar-refractivity contribution in [3.8, 4) is 0 Å². The van der Waals surface area contributed by atoms with Crippen LogP contribution in [0.2, 0.25) is 0 Å². The van der Waals surface area contributed by atoms with E-state index in [4.69, 9.17) is 15.6 Å². The highest BCUT2D eigenvalue weighted by Crippen LogP contribution is 2.24. The van der Waals surface area contributed by atoms with E-state index in [1.807, 2.05) is 0 Å². The van der Waals surface area contributed by atoms with E-state index < -0.39 is 43.2 Å². The van der Waals surface area contributed by atoms with Gasteiger partial charge in [0.2, 0.25) is 0 Å². The molecule has 0 radical (unpaired) electrons. The molecule has 0 amide bonds. The van der Waals surface area contributed by atoms with Crippen LogP contribution in [0.3, 0.4) is 0 Å². The number of hydrogen-bond acceptors (Lipinski definition) is 7. The second-order valence-corrected chi connectivity index (χ2v) is 5.72. The molecule has 7 heteroatoms. The number of unbranched alkanes of at least 4 members (excludes halogenated alkanes) is 2. The minimum absolute atomic E-state index is 0.0304. The molecule has 1 heterocycles. The van der Waals surface area contributed by atoms with Gasteiger partial charge in [-0.15, -0.1) is 0 Å². The zero-order valence-electron chi connectivity index (χ0n) is 12.4. The zero-order chi connectivity index (χ0) is 16.0. The normalized spacial score (nSPS) is 34.7. The predicted molar refractivity (Wildman–Crippen MR) is 75.5 cm³/mol. The van der Waals surface area contributed by atoms with Crippen molar-refractivity contribution in [3.63, 3.8) is 0 Å². The average Bonchev–Trinajstić information content (AvgIpc) is 2.46. The Hall–Kier alpha value is -0.570. The summed E-state index contributed by atoms with van der Waals surface area (Å²) in [6.07, 6.45) is -2.13. The van der Waals surface area contributed by atoms with Crippen LogP contribution in [0.5, 0.6) is 0 Å². The first-order chi connectivity index (χ1) is 9.88. The van der Waals surface area contributed by atoms with E-state index in [2.05, 4.69) is 0 Å². The highest BCUT2D eigenvalue weighted by Gasteiger charge is 2.42. The monoisotopic (exact) mass is 305 g/mol. The summed E-state index contributed by atoms with van der Waals surface area (Å²) in [5.41, 5.74) is 5.47. The van der Waals surface area contributed by atoms with Crippen molar-refractivity contribution in [2.75, 3.05) is 6.61 Å². The van der Waals surface area contributed by atoms with Crippen molar-refractivity contribution >= 4 is 5.78 Å². The van der Waals surface area contributed by atoms with Gasteiger partial charge in [-0.05, 0) is 19.8 Å². The number of rotatable bonds is 8. The van der Waals surface area contributed by atoms with Crippen LogP contribution in [-0.2, 0) is 9.53 Å². The van der Waals surface area contributed by atoms with Crippen molar-refractivity contribution in [3.05, 3.63) is 0 Å². The molecule has 124 valence electrons. The topological polar surface area (TPSA) is 133 Å². The number of aliphatic hydroxyl groups is 4. The maximum absolute atomic E-state index is 11.3. The maximum Gasteiger partial charge on any atom is 0.149 e. The average molecular weight is 305 g/mol. The molecule has 7 nitrogen and oxygen atoms in total. The molecule has 1 aliphatic rings. The Morgan fingerprint density at radius 2 is 1.71 bits per heavy atom. The Labute approximate surface area is 124 Å². The van der Waals surface area contributed by atoms with Crippen LogP contribution in [0.25, 0.3) is 0 Å². The first-order valence-corrected chi connectivity index (χ1v) is 7.47. The molecule has 21 heavy (non-hydrogen) atoms. The Morgan fingerprint density at radius 3 is 2.29 bits per heavy atom. The molecular weight excluding hydrogens is 278 g/mol. The minimum atomic E-state index is -1.32. The summed E-state index contributed by atoms with van der Waals surface area (Å²) in [5.74, 6) is 0.0304. The fraction of sp³-hybridized carbons (Fsp3) is 0.929. The molecule has 1 rings (SSSR count). The van der Waals surface area contributed by atoms with Crippen molar-refractivity contribution < 1.29 is 30.0 Å². The first kappa shape index (κ1) is 18.5. The van der Waals surface area contributed by atoms with E-state index in [-0.39, 0.29) is 5.78 Å². The SMILES string of the molecule is C[C@@H](N)C(=O)CCCCCC1OC(CO)C(O)C(O)C1O. The van der Waals surface area contributed by atoms with Crippen LogP contribution in [0, 0.1) is 0 Å². The lowest BCUT2D eigenvalue weighted by molar-refractivity contribution is -0.230. The van der Waals surface area contributed by atoms with Crippen molar-refractivity contribution in [1.82, 2.24) is 0 Å². The third kappa shape index (κ3) is 5.28. The number of aliphatic hydroxyl groups excluding tert-OH is 4. The van der Waals surface area contributed by atoms with Crippen molar-refractivity contribution in [2.24, 2.45) is 5.73 Å². The molecule has 0 aliphatic carbocycles. The van der Waals surface area contributed by atoms with Gasteiger partial charge in [0.05, 0.1) is 18.8 Å². The zero-order valence-corrected chi connectivity index (χ0v) is 12.4. The summed E-state index contributed by atoms with van der Waals surface area (Å²) < 4.78 is 5.40. The fourth-order valence-electron chi connectivity index (χ4n) is 2.47. The molecular formula is C14H27NO6. The molecule has 5 unspecified atom stereocenters. The number of nitrogens with two attached hydrogens (primary N) is 1. The largest absolute Gasteiger partial charge is 0.394 e. The molecule has 0 aromatic heterocycles. The van der Waals surface area contributed by atoms with Gasteiger partial charge < -0.3 is 30.9 Å². The Balaban J connectivity index is 2.29. The molecule has 0 aromatic carbocycles. The number of Topliss-reactive ketones (excluding diaryl/α,β-unsaturated/α-hetero) is 1. The minimum Gasteiger partial charge on any atom is -0.394 e. The van der Waals surface area contributed by atoms with E-state index in [1.165, 1.54) is 0 Å². The number of carbonyl (C=O) groups excluding carboxylic acids is 1. The van der Waals surface area contributed by atoms with E-state index in [0.717, 1.165) is 19.3 Å². The van der Waals surface area contributed by atoms with Crippen LogP contribution in [0.15, 0.2) is 0 Å². The Kier molecular flexibility index (Phi) is 7.72. The third-order valence-corrected chi connectivity index (χ3v) is 3.91. The number of ketones is 1. The smallest absolute Gasteiger partial charge is 0.149 e. The number of carbonyl (C=O) groups is 1. The molecule has 6 N–H and O–H groups in total. The van der Waals surface area contributed by atoms with Gasteiger partial charge >= 0.3 is 0 Å².